The molecule has 1 unspecified atom stereocenters. The molecule has 1 fully saturated rings. The van der Waals surface area contributed by atoms with Crippen LogP contribution in [-0.2, 0) is 0 Å². The van der Waals surface area contributed by atoms with E-state index in [1.807, 2.05) is 0 Å². The molecule has 0 N–H and O–H groups in total. The van der Waals surface area contributed by atoms with E-state index in [0.29, 0.717) is 0 Å². The van der Waals surface area contributed by atoms with Crippen LogP contribution in [0.15, 0.2) is 0 Å². The summed E-state index contributed by atoms with van der Waals surface area (Å²) in [6.45, 7) is 7.67. The van der Waals surface area contributed by atoms with Gasteiger partial charge in [-0.15, -0.1) is 0 Å². The van der Waals surface area contributed by atoms with Crippen molar-refractivity contribution in [2.45, 2.75) is 70.1 Å². The molecule has 1 heterocycles. The van der Waals surface area contributed by atoms with E-state index in [1.54, 1.807) is 6.04 Å². The van der Waals surface area contributed by atoms with Gasteiger partial charge in [0.15, 0.2) is 0 Å². The second kappa shape index (κ2) is 6.33. The van der Waals surface area contributed by atoms with Gasteiger partial charge in [0, 0.05) is 0 Å². The van der Waals surface area contributed by atoms with Crippen molar-refractivity contribution in [1.82, 2.24) is 0 Å². The zero-order valence-corrected chi connectivity index (χ0v) is 11.0. The third-order valence-corrected chi connectivity index (χ3v) is 8.39. The van der Waals surface area contributed by atoms with Gasteiger partial charge < -0.3 is 1.43 Å². The van der Waals surface area contributed by atoms with Crippen LogP contribution in [0.25, 0.3) is 0 Å². The van der Waals surface area contributed by atoms with Gasteiger partial charge in [-0.3, -0.25) is 0 Å². The SMILES string of the molecule is CC1CCCCCCC[Si]1(C)C.[H-].[Li+]. The largest absolute Gasteiger partial charge is 1.00 e. The summed E-state index contributed by atoms with van der Waals surface area (Å²) in [6, 6.07) is 1.58. The second-order valence-corrected chi connectivity index (χ2v) is 10.7. The molecule has 0 aromatic heterocycles. The normalized spacial score (nSPS) is 29.3. The van der Waals surface area contributed by atoms with Crippen LogP contribution in [-0.4, -0.2) is 8.07 Å². The molecule has 0 amide bonds. The van der Waals surface area contributed by atoms with Crippen molar-refractivity contribution in [3.05, 3.63) is 0 Å². The van der Waals surface area contributed by atoms with Crippen molar-refractivity contribution < 1.29 is 20.3 Å². The van der Waals surface area contributed by atoms with Crippen molar-refractivity contribution in [1.29, 1.82) is 0 Å². The van der Waals surface area contributed by atoms with Crippen LogP contribution in [0.2, 0.25) is 24.7 Å². The van der Waals surface area contributed by atoms with Crippen LogP contribution in [0, 0.1) is 0 Å². The van der Waals surface area contributed by atoms with Gasteiger partial charge in [0.2, 0.25) is 0 Å². The number of rotatable bonds is 0. The van der Waals surface area contributed by atoms with E-state index < -0.39 is 8.07 Å². The molecule has 0 bridgehead atoms. The van der Waals surface area contributed by atoms with E-state index in [9.17, 15) is 0 Å². The van der Waals surface area contributed by atoms with E-state index in [4.69, 9.17) is 0 Å². The third kappa shape index (κ3) is 4.72. The fraction of sp³-hybridized carbons (Fsp3) is 1.00. The summed E-state index contributed by atoms with van der Waals surface area (Å²) in [6.07, 6.45) is 9.02. The molecule has 1 aliphatic rings. The summed E-state index contributed by atoms with van der Waals surface area (Å²) in [7, 11) is -0.809. The summed E-state index contributed by atoms with van der Waals surface area (Å²) in [5.41, 5.74) is 1.07. The van der Waals surface area contributed by atoms with Crippen LogP contribution in [0.1, 0.15) is 46.9 Å². The van der Waals surface area contributed by atoms with Gasteiger partial charge >= 0.3 is 18.9 Å². The minimum Gasteiger partial charge on any atom is -1.00 e. The van der Waals surface area contributed by atoms with E-state index in [2.05, 4.69) is 20.0 Å². The molecule has 0 aromatic carbocycles. The minimum absolute atomic E-state index is 0. The average molecular weight is 192 g/mol. The zero-order chi connectivity index (χ0) is 9.03. The molecule has 13 heavy (non-hydrogen) atoms. The first-order valence-electron chi connectivity index (χ1n) is 5.63. The van der Waals surface area contributed by atoms with Crippen LogP contribution in [0.4, 0.5) is 0 Å². The average Bonchev–Trinajstić information content (AvgIpc) is 2.06. The molecule has 1 aliphatic heterocycles. The van der Waals surface area contributed by atoms with Gasteiger partial charge in [-0.1, -0.05) is 64.6 Å². The van der Waals surface area contributed by atoms with E-state index in [1.165, 1.54) is 38.5 Å². The topological polar surface area (TPSA) is 0 Å². The summed E-state index contributed by atoms with van der Waals surface area (Å²) in [4.78, 5) is 0. The minimum atomic E-state index is -0.809. The summed E-state index contributed by atoms with van der Waals surface area (Å²) in [5.74, 6) is 0. The van der Waals surface area contributed by atoms with Gasteiger partial charge in [0.25, 0.3) is 0 Å². The first-order valence-corrected chi connectivity index (χ1v) is 8.91. The fourth-order valence-corrected chi connectivity index (χ4v) is 4.84. The van der Waals surface area contributed by atoms with Crippen LogP contribution >= 0.6 is 0 Å². The van der Waals surface area contributed by atoms with Gasteiger partial charge in [0.05, 0.1) is 8.07 Å². The van der Waals surface area contributed by atoms with Gasteiger partial charge in [0.1, 0.15) is 0 Å². The number of hydrogen-bond acceptors (Lipinski definition) is 0. The Morgan fingerprint density at radius 3 is 2.23 bits per heavy atom. The molecule has 0 spiro atoms. The Morgan fingerprint density at radius 1 is 1.00 bits per heavy atom. The van der Waals surface area contributed by atoms with Gasteiger partial charge in [-0.05, 0) is 5.54 Å². The van der Waals surface area contributed by atoms with Crippen molar-refractivity contribution in [3.63, 3.8) is 0 Å². The van der Waals surface area contributed by atoms with Crippen LogP contribution < -0.4 is 18.9 Å². The maximum Gasteiger partial charge on any atom is 1.00 e. The van der Waals surface area contributed by atoms with Crippen molar-refractivity contribution >= 4 is 8.07 Å². The second-order valence-electron chi connectivity index (χ2n) is 5.20. The molecule has 1 rings (SSSR count). The molecule has 74 valence electrons. The Kier molecular flexibility index (Phi) is 6.72. The van der Waals surface area contributed by atoms with Gasteiger partial charge in [-0.25, -0.2) is 0 Å². The smallest absolute Gasteiger partial charge is 1.00 e. The predicted molar refractivity (Wildman–Crippen MR) is 60.5 cm³/mol. The molecule has 0 aromatic rings. The quantitative estimate of drug-likeness (QED) is 0.511. The molecule has 1 atom stereocenters. The van der Waals surface area contributed by atoms with E-state index in [0.717, 1.165) is 5.54 Å². The Bertz CT molecular complexity index is 139. The maximum absolute atomic E-state index is 2.59. The van der Waals surface area contributed by atoms with Gasteiger partial charge in [-0.2, -0.15) is 0 Å². The molecule has 0 aliphatic carbocycles. The maximum atomic E-state index is 2.59. The first kappa shape index (κ1) is 13.8. The van der Waals surface area contributed by atoms with Crippen molar-refractivity contribution in [3.8, 4) is 0 Å². The Balaban J connectivity index is 0. The summed E-state index contributed by atoms with van der Waals surface area (Å²) < 4.78 is 0. The molecule has 1 saturated heterocycles. The summed E-state index contributed by atoms with van der Waals surface area (Å²) >= 11 is 0. The molecule has 0 radical (unpaired) electrons. The van der Waals surface area contributed by atoms with Crippen LogP contribution in [0.5, 0.6) is 0 Å². The predicted octanol–water partition coefficient (Wildman–Crippen LogP) is 1.56. The Morgan fingerprint density at radius 2 is 1.54 bits per heavy atom. The fourth-order valence-electron chi connectivity index (χ4n) is 2.20. The number of hydrogen-bond donors (Lipinski definition) is 0. The zero-order valence-electron chi connectivity index (χ0n) is 11.0. The molecular weight excluding hydrogens is 167 g/mol. The Hall–Kier alpha value is 0.814. The Labute approximate surface area is 98.5 Å². The van der Waals surface area contributed by atoms with Crippen LogP contribution in [0.3, 0.4) is 0 Å². The first-order chi connectivity index (χ1) is 5.63. The van der Waals surface area contributed by atoms with Crippen molar-refractivity contribution in [2.75, 3.05) is 0 Å². The van der Waals surface area contributed by atoms with Crippen molar-refractivity contribution in [2.24, 2.45) is 0 Å². The monoisotopic (exact) mass is 192 g/mol. The van der Waals surface area contributed by atoms with E-state index >= 15 is 0 Å². The third-order valence-electron chi connectivity index (χ3n) is 3.79. The summed E-state index contributed by atoms with van der Waals surface area (Å²) in [5, 5.41) is 0. The standard InChI is InChI=1S/C11H24Si.Li.H/c1-11-9-7-5-4-6-8-10-12(11,2)3;;/h11H,4-10H2,1-3H3;;/q;+1;-1. The molecular formula is C11H25LiSi. The van der Waals surface area contributed by atoms with E-state index in [-0.39, 0.29) is 20.3 Å². The molecule has 0 nitrogen and oxygen atoms in total. The molecule has 0 saturated carbocycles. The molecule has 2 heteroatoms.